The molecule has 0 fully saturated rings. The third-order valence-corrected chi connectivity index (χ3v) is 6.56. The third-order valence-electron chi connectivity index (χ3n) is 5.33. The summed E-state index contributed by atoms with van der Waals surface area (Å²) in [5.74, 6) is -0.0973. The van der Waals surface area contributed by atoms with Crippen molar-refractivity contribution in [3.05, 3.63) is 62.6 Å². The molecule has 2 aliphatic rings. The molecular formula is C20H23ClN4OS. The minimum atomic E-state index is -0.0973. The molecule has 0 spiro atoms. The van der Waals surface area contributed by atoms with E-state index in [0.29, 0.717) is 28.5 Å². The van der Waals surface area contributed by atoms with Crippen molar-refractivity contribution >= 4 is 34.5 Å². The van der Waals surface area contributed by atoms with Gasteiger partial charge in [-0.25, -0.2) is 0 Å². The number of nitrogens with one attached hydrogen (secondary N) is 2. The molecule has 2 aromatic rings. The van der Waals surface area contributed by atoms with E-state index in [0.717, 1.165) is 18.7 Å². The highest BCUT2D eigenvalue weighted by atomic mass is 35.5. The molecule has 1 unspecified atom stereocenters. The Labute approximate surface area is 168 Å². The zero-order valence-electron chi connectivity index (χ0n) is 15.5. The van der Waals surface area contributed by atoms with E-state index >= 15 is 0 Å². The molecule has 1 aromatic carbocycles. The molecule has 0 saturated carbocycles. The molecule has 7 heteroatoms. The standard InChI is InChI=1S/C20H23ClN4OS/c1-13-17-4-3-16(9-14(17)7-8-24(13)2)25-11-15(23-12-25)10-22-20(26)18-5-6-19(21)27-18/h3-6,9,11,13,23H,7-8,10,12H2,1-2H3,(H,22,26). The van der Waals surface area contributed by atoms with Gasteiger partial charge in [0.2, 0.25) is 0 Å². The smallest absolute Gasteiger partial charge is 0.261 e. The van der Waals surface area contributed by atoms with E-state index < -0.39 is 0 Å². The number of carbonyl (C=O) groups excluding carboxylic acids is 1. The summed E-state index contributed by atoms with van der Waals surface area (Å²) < 4.78 is 0.623. The predicted octanol–water partition coefficient (Wildman–Crippen LogP) is 3.59. The quantitative estimate of drug-likeness (QED) is 0.820. The Kier molecular flexibility index (Phi) is 5.12. The van der Waals surface area contributed by atoms with Crippen LogP contribution in [0.1, 0.15) is 33.8 Å². The first-order chi connectivity index (χ1) is 13.0. The molecule has 2 N–H and O–H groups in total. The highest BCUT2D eigenvalue weighted by molar-refractivity contribution is 7.17. The molecule has 1 amide bonds. The Hall–Kier alpha value is -2.02. The molecular weight excluding hydrogens is 380 g/mol. The van der Waals surface area contributed by atoms with Crippen molar-refractivity contribution in [1.82, 2.24) is 15.5 Å². The Morgan fingerprint density at radius 3 is 3.00 bits per heavy atom. The average molecular weight is 403 g/mol. The molecule has 0 aliphatic carbocycles. The minimum absolute atomic E-state index is 0.0973. The second-order valence-electron chi connectivity index (χ2n) is 7.04. The lowest BCUT2D eigenvalue weighted by Gasteiger charge is -2.32. The summed E-state index contributed by atoms with van der Waals surface area (Å²) in [6, 6.07) is 10.7. The van der Waals surface area contributed by atoms with Crippen molar-refractivity contribution in [1.29, 1.82) is 0 Å². The van der Waals surface area contributed by atoms with Crippen molar-refractivity contribution < 1.29 is 4.79 Å². The fourth-order valence-corrected chi connectivity index (χ4v) is 4.52. The van der Waals surface area contributed by atoms with E-state index in [1.807, 2.05) is 0 Å². The maximum atomic E-state index is 12.2. The zero-order valence-corrected chi connectivity index (χ0v) is 17.0. The van der Waals surface area contributed by atoms with E-state index in [2.05, 4.69) is 58.8 Å². The maximum Gasteiger partial charge on any atom is 0.261 e. The lowest BCUT2D eigenvalue weighted by Crippen LogP contribution is -2.30. The van der Waals surface area contributed by atoms with E-state index in [9.17, 15) is 4.79 Å². The molecule has 0 bridgehead atoms. The fraction of sp³-hybridized carbons (Fsp3) is 0.350. The van der Waals surface area contributed by atoms with Crippen LogP contribution in [-0.2, 0) is 6.42 Å². The van der Waals surface area contributed by atoms with Gasteiger partial charge in [-0.3, -0.25) is 9.69 Å². The number of benzene rings is 1. The van der Waals surface area contributed by atoms with Gasteiger partial charge in [0.15, 0.2) is 0 Å². The normalized spacial score (nSPS) is 19.4. The van der Waals surface area contributed by atoms with Crippen LogP contribution in [0.25, 0.3) is 0 Å². The molecule has 2 aliphatic heterocycles. The van der Waals surface area contributed by atoms with Crippen LogP contribution in [0, 0.1) is 0 Å². The number of anilines is 1. The van der Waals surface area contributed by atoms with Gasteiger partial charge in [0, 0.05) is 30.2 Å². The van der Waals surface area contributed by atoms with Crippen molar-refractivity contribution in [3.63, 3.8) is 0 Å². The number of amides is 1. The SMILES string of the molecule is CC1c2ccc(N3C=C(CNC(=O)c4ccc(Cl)s4)NC3)cc2CCN1C. The van der Waals surface area contributed by atoms with Crippen LogP contribution >= 0.6 is 22.9 Å². The van der Waals surface area contributed by atoms with E-state index in [1.165, 1.54) is 28.2 Å². The number of fused-ring (bicyclic) bond motifs is 1. The Bertz CT molecular complexity index is 894. The first kappa shape index (κ1) is 18.3. The van der Waals surface area contributed by atoms with E-state index in [4.69, 9.17) is 11.6 Å². The lowest BCUT2D eigenvalue weighted by atomic mass is 9.93. The molecule has 1 atom stereocenters. The third kappa shape index (κ3) is 3.83. The largest absolute Gasteiger partial charge is 0.368 e. The van der Waals surface area contributed by atoms with E-state index in [-0.39, 0.29) is 5.91 Å². The summed E-state index contributed by atoms with van der Waals surface area (Å²) in [7, 11) is 2.18. The van der Waals surface area contributed by atoms with Crippen molar-refractivity contribution in [2.75, 3.05) is 31.7 Å². The Morgan fingerprint density at radius 1 is 1.37 bits per heavy atom. The summed E-state index contributed by atoms with van der Waals surface area (Å²) in [6.45, 7) is 4.54. The van der Waals surface area contributed by atoms with Gasteiger partial charge in [0.05, 0.1) is 22.4 Å². The monoisotopic (exact) mass is 402 g/mol. The van der Waals surface area contributed by atoms with Gasteiger partial charge >= 0.3 is 0 Å². The molecule has 4 rings (SSSR count). The number of carbonyl (C=O) groups is 1. The molecule has 1 aromatic heterocycles. The second kappa shape index (κ2) is 7.54. The first-order valence-corrected chi connectivity index (χ1v) is 10.3. The lowest BCUT2D eigenvalue weighted by molar-refractivity contribution is 0.0960. The van der Waals surface area contributed by atoms with Gasteiger partial charge in [0.1, 0.15) is 0 Å². The minimum Gasteiger partial charge on any atom is -0.368 e. The van der Waals surface area contributed by atoms with Gasteiger partial charge in [-0.1, -0.05) is 17.7 Å². The predicted molar refractivity (Wildman–Crippen MR) is 111 cm³/mol. The Balaban J connectivity index is 1.41. The molecule has 142 valence electrons. The van der Waals surface area contributed by atoms with Gasteiger partial charge in [-0.2, -0.15) is 0 Å². The maximum absolute atomic E-state index is 12.2. The van der Waals surface area contributed by atoms with Crippen molar-refractivity contribution in [3.8, 4) is 0 Å². The summed E-state index contributed by atoms with van der Waals surface area (Å²) in [5, 5.41) is 6.29. The summed E-state index contributed by atoms with van der Waals surface area (Å²) in [6.07, 6.45) is 3.16. The summed E-state index contributed by atoms with van der Waals surface area (Å²) in [4.78, 5) is 17.4. The van der Waals surface area contributed by atoms with Gasteiger partial charge in [0.25, 0.3) is 5.91 Å². The number of halogens is 1. The fourth-order valence-electron chi connectivity index (χ4n) is 3.56. The molecule has 0 radical (unpaired) electrons. The van der Waals surface area contributed by atoms with Crippen molar-refractivity contribution in [2.45, 2.75) is 19.4 Å². The number of nitrogens with zero attached hydrogens (tertiary/aromatic N) is 2. The van der Waals surface area contributed by atoms with Crippen LogP contribution in [0.15, 0.2) is 42.2 Å². The summed E-state index contributed by atoms with van der Waals surface area (Å²) >= 11 is 7.18. The van der Waals surface area contributed by atoms with Crippen LogP contribution in [-0.4, -0.2) is 37.6 Å². The van der Waals surface area contributed by atoms with Crippen LogP contribution in [0.5, 0.6) is 0 Å². The number of likely N-dealkylation sites (N-methyl/N-ethyl adjacent to an activating group) is 1. The van der Waals surface area contributed by atoms with Gasteiger partial charge in [-0.15, -0.1) is 11.3 Å². The number of rotatable bonds is 4. The molecule has 5 nitrogen and oxygen atoms in total. The topological polar surface area (TPSA) is 47.6 Å². The molecule has 3 heterocycles. The van der Waals surface area contributed by atoms with E-state index in [1.54, 1.807) is 12.1 Å². The number of hydrogen-bond acceptors (Lipinski definition) is 5. The molecule has 0 saturated heterocycles. The van der Waals surface area contributed by atoms with Crippen LogP contribution in [0.2, 0.25) is 4.34 Å². The number of hydrogen-bond donors (Lipinski definition) is 2. The average Bonchev–Trinajstić information content (AvgIpc) is 3.32. The van der Waals surface area contributed by atoms with Gasteiger partial charge in [-0.05, 0) is 55.8 Å². The highest BCUT2D eigenvalue weighted by Gasteiger charge is 2.22. The van der Waals surface area contributed by atoms with Crippen LogP contribution in [0.4, 0.5) is 5.69 Å². The Morgan fingerprint density at radius 2 is 2.22 bits per heavy atom. The summed E-state index contributed by atoms with van der Waals surface area (Å²) in [5.41, 5.74) is 5.04. The zero-order chi connectivity index (χ0) is 19.0. The van der Waals surface area contributed by atoms with Gasteiger partial charge < -0.3 is 15.5 Å². The number of thiophene rings is 1. The van der Waals surface area contributed by atoms with Crippen LogP contribution < -0.4 is 15.5 Å². The highest BCUT2D eigenvalue weighted by Crippen LogP contribution is 2.31. The first-order valence-electron chi connectivity index (χ1n) is 9.09. The van der Waals surface area contributed by atoms with Crippen molar-refractivity contribution in [2.24, 2.45) is 0 Å². The second-order valence-corrected chi connectivity index (χ2v) is 8.75. The molecule has 27 heavy (non-hydrogen) atoms. The van der Waals surface area contributed by atoms with Crippen LogP contribution in [0.3, 0.4) is 0 Å².